The van der Waals surface area contributed by atoms with E-state index in [0.717, 1.165) is 22.2 Å². The molecular weight excluding hydrogens is 311 g/mol. The third-order valence-electron chi connectivity index (χ3n) is 2.59. The summed E-state index contributed by atoms with van der Waals surface area (Å²) in [4.78, 5) is 16.1. The summed E-state index contributed by atoms with van der Waals surface area (Å²) in [5.74, 6) is 0. The predicted octanol–water partition coefficient (Wildman–Crippen LogP) is 3.13. The van der Waals surface area contributed by atoms with Gasteiger partial charge in [-0.05, 0) is 12.2 Å². The molecule has 0 spiro atoms. The summed E-state index contributed by atoms with van der Waals surface area (Å²) in [7, 11) is 0. The van der Waals surface area contributed by atoms with E-state index >= 15 is 0 Å². The fourth-order valence-corrected chi connectivity index (χ4v) is 2.98. The van der Waals surface area contributed by atoms with Gasteiger partial charge >= 0.3 is 6.18 Å². The van der Waals surface area contributed by atoms with Crippen LogP contribution in [0.25, 0.3) is 10.3 Å². The standard InChI is InChI=1S/C11H10F3N3OS2/c1-2-4-17-8-7(20-10(17)19)9(18)16(6-15-8)5-3-11(12,13)14/h2,6H,1,3-5H2. The lowest BCUT2D eigenvalue weighted by molar-refractivity contribution is -0.136. The Hall–Kier alpha value is -1.48. The minimum absolute atomic E-state index is 0.265. The van der Waals surface area contributed by atoms with Crippen molar-refractivity contribution in [3.05, 3.63) is 33.3 Å². The van der Waals surface area contributed by atoms with E-state index in [2.05, 4.69) is 11.6 Å². The quantitative estimate of drug-likeness (QED) is 0.641. The van der Waals surface area contributed by atoms with E-state index in [1.54, 1.807) is 10.6 Å². The molecule has 0 fully saturated rings. The molecule has 9 heteroatoms. The molecule has 20 heavy (non-hydrogen) atoms. The van der Waals surface area contributed by atoms with E-state index in [4.69, 9.17) is 12.2 Å². The Bertz CT molecular complexity index is 757. The molecule has 2 rings (SSSR count). The van der Waals surface area contributed by atoms with Crippen molar-refractivity contribution < 1.29 is 13.2 Å². The Morgan fingerprint density at radius 3 is 2.80 bits per heavy atom. The zero-order valence-corrected chi connectivity index (χ0v) is 11.8. The molecule has 0 bridgehead atoms. The van der Waals surface area contributed by atoms with Crippen LogP contribution in [0.15, 0.2) is 23.8 Å². The lowest BCUT2D eigenvalue weighted by Gasteiger charge is -2.08. The Balaban J connectivity index is 2.47. The zero-order chi connectivity index (χ0) is 14.9. The maximum absolute atomic E-state index is 12.2. The predicted molar refractivity (Wildman–Crippen MR) is 73.6 cm³/mol. The molecule has 0 amide bonds. The minimum Gasteiger partial charge on any atom is -0.304 e. The Kier molecular flexibility index (Phi) is 4.09. The van der Waals surface area contributed by atoms with E-state index in [1.807, 2.05) is 0 Å². The van der Waals surface area contributed by atoms with Crippen molar-refractivity contribution in [2.45, 2.75) is 25.7 Å². The third-order valence-corrected chi connectivity index (χ3v) is 4.02. The Labute approximate surface area is 120 Å². The van der Waals surface area contributed by atoms with Gasteiger partial charge in [-0.15, -0.1) is 6.58 Å². The second-order valence-corrected chi connectivity index (χ2v) is 5.67. The smallest absolute Gasteiger partial charge is 0.304 e. The summed E-state index contributed by atoms with van der Waals surface area (Å²) >= 11 is 6.16. The van der Waals surface area contributed by atoms with Gasteiger partial charge in [-0.1, -0.05) is 17.4 Å². The summed E-state index contributed by atoms with van der Waals surface area (Å²) in [6.07, 6.45) is -2.65. The molecule has 0 aliphatic carbocycles. The van der Waals surface area contributed by atoms with Crippen LogP contribution in [0.2, 0.25) is 0 Å². The maximum Gasteiger partial charge on any atom is 0.390 e. The van der Waals surface area contributed by atoms with Crippen molar-refractivity contribution in [2.24, 2.45) is 0 Å². The van der Waals surface area contributed by atoms with Crippen LogP contribution in [0.1, 0.15) is 6.42 Å². The van der Waals surface area contributed by atoms with Gasteiger partial charge in [0, 0.05) is 13.1 Å². The second-order valence-electron chi connectivity index (χ2n) is 4.03. The summed E-state index contributed by atoms with van der Waals surface area (Å²) in [6, 6.07) is 0. The summed E-state index contributed by atoms with van der Waals surface area (Å²) in [5.41, 5.74) is -0.119. The zero-order valence-electron chi connectivity index (χ0n) is 10.2. The molecule has 2 heterocycles. The van der Waals surface area contributed by atoms with Crippen LogP contribution in [0, 0.1) is 3.95 Å². The van der Waals surface area contributed by atoms with E-state index in [-0.39, 0.29) is 4.70 Å². The lowest BCUT2D eigenvalue weighted by atomic mass is 10.4. The highest BCUT2D eigenvalue weighted by molar-refractivity contribution is 7.73. The van der Waals surface area contributed by atoms with Gasteiger partial charge in [-0.25, -0.2) is 4.98 Å². The van der Waals surface area contributed by atoms with Crippen LogP contribution >= 0.6 is 23.6 Å². The van der Waals surface area contributed by atoms with E-state index in [0.29, 0.717) is 16.1 Å². The number of nitrogens with zero attached hydrogens (tertiary/aromatic N) is 3. The molecule has 2 aromatic rings. The van der Waals surface area contributed by atoms with Gasteiger partial charge in [0.1, 0.15) is 4.70 Å². The first-order chi connectivity index (χ1) is 9.33. The number of alkyl halides is 3. The summed E-state index contributed by atoms with van der Waals surface area (Å²) < 4.78 is 39.9. The SMILES string of the molecule is C=CCn1c(=S)sc2c(=O)n(CCC(F)(F)F)cnc21. The van der Waals surface area contributed by atoms with Crippen molar-refractivity contribution in [1.29, 1.82) is 0 Å². The molecule has 0 saturated carbocycles. The monoisotopic (exact) mass is 321 g/mol. The molecule has 0 aromatic carbocycles. The second kappa shape index (κ2) is 5.49. The third kappa shape index (κ3) is 2.98. The molecular formula is C11H10F3N3OS2. The number of allylic oxidation sites excluding steroid dienone is 1. The summed E-state index contributed by atoms with van der Waals surface area (Å²) in [6.45, 7) is 3.53. The van der Waals surface area contributed by atoms with Gasteiger partial charge in [0.15, 0.2) is 9.60 Å². The maximum atomic E-state index is 12.2. The highest BCUT2D eigenvalue weighted by atomic mass is 32.1. The topological polar surface area (TPSA) is 39.8 Å². The largest absolute Gasteiger partial charge is 0.390 e. The van der Waals surface area contributed by atoms with Gasteiger partial charge in [0.2, 0.25) is 0 Å². The molecule has 0 aliphatic heterocycles. The fraction of sp³-hybridized carbons (Fsp3) is 0.364. The van der Waals surface area contributed by atoms with Crippen LogP contribution in [0.3, 0.4) is 0 Å². The minimum atomic E-state index is -4.31. The van der Waals surface area contributed by atoms with Crippen LogP contribution in [-0.4, -0.2) is 20.3 Å². The molecule has 0 radical (unpaired) electrons. The fourth-order valence-electron chi connectivity index (χ4n) is 1.67. The number of halogens is 3. The van der Waals surface area contributed by atoms with E-state index < -0.39 is 24.7 Å². The van der Waals surface area contributed by atoms with Gasteiger partial charge in [-0.3, -0.25) is 9.36 Å². The number of rotatable bonds is 4. The van der Waals surface area contributed by atoms with E-state index in [1.165, 1.54) is 0 Å². The lowest BCUT2D eigenvalue weighted by Crippen LogP contribution is -2.23. The number of aromatic nitrogens is 3. The van der Waals surface area contributed by atoms with Crippen molar-refractivity contribution in [1.82, 2.24) is 14.1 Å². The average molecular weight is 321 g/mol. The molecule has 0 aliphatic rings. The Morgan fingerprint density at radius 1 is 1.50 bits per heavy atom. The van der Waals surface area contributed by atoms with Crippen molar-refractivity contribution >= 4 is 33.9 Å². The molecule has 0 N–H and O–H groups in total. The number of hydrogen-bond acceptors (Lipinski definition) is 4. The molecule has 0 unspecified atom stereocenters. The highest BCUT2D eigenvalue weighted by Crippen LogP contribution is 2.21. The Morgan fingerprint density at radius 2 is 2.20 bits per heavy atom. The molecule has 0 saturated heterocycles. The molecule has 4 nitrogen and oxygen atoms in total. The van der Waals surface area contributed by atoms with Gasteiger partial charge < -0.3 is 4.57 Å². The molecule has 2 aromatic heterocycles. The van der Waals surface area contributed by atoms with Gasteiger partial charge in [0.25, 0.3) is 5.56 Å². The highest BCUT2D eigenvalue weighted by Gasteiger charge is 2.27. The van der Waals surface area contributed by atoms with Gasteiger partial charge in [-0.2, -0.15) is 13.2 Å². The number of hydrogen-bond donors (Lipinski definition) is 0. The van der Waals surface area contributed by atoms with Crippen molar-refractivity contribution in [2.75, 3.05) is 0 Å². The van der Waals surface area contributed by atoms with Crippen LogP contribution in [0.5, 0.6) is 0 Å². The van der Waals surface area contributed by atoms with Crippen LogP contribution in [-0.2, 0) is 13.1 Å². The number of aryl methyl sites for hydroxylation is 1. The molecule has 0 atom stereocenters. The van der Waals surface area contributed by atoms with E-state index in [9.17, 15) is 18.0 Å². The average Bonchev–Trinajstić information content (AvgIpc) is 2.66. The summed E-state index contributed by atoms with van der Waals surface area (Å²) in [5, 5.41) is 0. The van der Waals surface area contributed by atoms with Crippen LogP contribution < -0.4 is 5.56 Å². The molecule has 108 valence electrons. The normalized spacial score (nSPS) is 11.9. The van der Waals surface area contributed by atoms with Gasteiger partial charge in [0.05, 0.1) is 12.7 Å². The first kappa shape index (κ1) is 14.9. The van der Waals surface area contributed by atoms with Crippen LogP contribution in [0.4, 0.5) is 13.2 Å². The van der Waals surface area contributed by atoms with Crippen molar-refractivity contribution in [3.63, 3.8) is 0 Å². The van der Waals surface area contributed by atoms with Crippen molar-refractivity contribution in [3.8, 4) is 0 Å². The first-order valence-electron chi connectivity index (χ1n) is 5.60. The number of thiazole rings is 1. The first-order valence-corrected chi connectivity index (χ1v) is 6.82. The number of fused-ring (bicyclic) bond motifs is 1.